The van der Waals surface area contributed by atoms with Crippen molar-refractivity contribution < 1.29 is 13.6 Å². The summed E-state index contributed by atoms with van der Waals surface area (Å²) < 4.78 is 26.4. The van der Waals surface area contributed by atoms with Crippen LogP contribution in [0.15, 0.2) is 18.2 Å². The first-order valence-corrected chi connectivity index (χ1v) is 5.36. The molecule has 0 aliphatic heterocycles. The van der Waals surface area contributed by atoms with E-state index >= 15 is 0 Å². The largest absolute Gasteiger partial charge is 0.300 e. The van der Waals surface area contributed by atoms with Gasteiger partial charge in [0.05, 0.1) is 0 Å². The van der Waals surface area contributed by atoms with Crippen LogP contribution in [-0.2, 0) is 11.2 Å². The van der Waals surface area contributed by atoms with Crippen LogP contribution in [0.25, 0.3) is 0 Å². The lowest BCUT2D eigenvalue weighted by Gasteiger charge is -2.18. The van der Waals surface area contributed by atoms with Crippen molar-refractivity contribution in [2.75, 3.05) is 0 Å². The maximum atomic E-state index is 13.4. The van der Waals surface area contributed by atoms with E-state index in [0.29, 0.717) is 0 Å². The molecule has 0 amide bonds. The summed E-state index contributed by atoms with van der Waals surface area (Å²) in [5.74, 6) is -1.81. The molecular weight excluding hydrogens is 210 g/mol. The van der Waals surface area contributed by atoms with Gasteiger partial charge in [-0.1, -0.05) is 26.0 Å². The molecule has 0 bridgehead atoms. The van der Waals surface area contributed by atoms with Crippen LogP contribution in [0.3, 0.4) is 0 Å². The smallest absolute Gasteiger partial charge is 0.162 e. The van der Waals surface area contributed by atoms with E-state index in [0.717, 1.165) is 6.07 Å². The molecule has 1 nitrogen and oxygen atoms in total. The average Bonchev–Trinajstić information content (AvgIpc) is 2.19. The lowest BCUT2D eigenvalue weighted by Crippen LogP contribution is -2.20. The van der Waals surface area contributed by atoms with Gasteiger partial charge in [-0.25, -0.2) is 8.78 Å². The second kappa shape index (κ2) is 5.19. The van der Waals surface area contributed by atoms with Crippen molar-refractivity contribution in [1.82, 2.24) is 0 Å². The van der Waals surface area contributed by atoms with Crippen molar-refractivity contribution in [3.8, 4) is 0 Å². The Balaban J connectivity index is 2.94. The molecule has 0 saturated heterocycles. The Hall–Kier alpha value is -1.25. The van der Waals surface area contributed by atoms with Crippen LogP contribution in [0.1, 0.15) is 26.3 Å². The van der Waals surface area contributed by atoms with Gasteiger partial charge in [0.1, 0.15) is 5.78 Å². The van der Waals surface area contributed by atoms with E-state index < -0.39 is 11.6 Å². The minimum absolute atomic E-state index is 0.0126. The van der Waals surface area contributed by atoms with Gasteiger partial charge in [-0.15, -0.1) is 0 Å². The van der Waals surface area contributed by atoms with Gasteiger partial charge in [0.25, 0.3) is 0 Å². The summed E-state index contributed by atoms with van der Waals surface area (Å²) in [7, 11) is 0. The third-order valence-corrected chi connectivity index (χ3v) is 2.80. The molecule has 0 spiro atoms. The summed E-state index contributed by atoms with van der Waals surface area (Å²) >= 11 is 0. The first-order valence-electron chi connectivity index (χ1n) is 5.36. The number of halogens is 2. The quantitative estimate of drug-likeness (QED) is 0.769. The number of carbonyl (C=O) groups excluding carboxylic acids is 1. The fourth-order valence-corrected chi connectivity index (χ4v) is 1.79. The molecule has 1 aromatic rings. The van der Waals surface area contributed by atoms with Crippen molar-refractivity contribution in [2.24, 2.45) is 11.8 Å². The Morgan fingerprint density at radius 2 is 1.94 bits per heavy atom. The number of ketones is 1. The molecule has 0 aliphatic carbocycles. The summed E-state index contributed by atoms with van der Waals surface area (Å²) in [5.41, 5.74) is 0.272. The highest BCUT2D eigenvalue weighted by Gasteiger charge is 2.21. The fraction of sp³-hybridized carbons (Fsp3) is 0.462. The van der Waals surface area contributed by atoms with Crippen molar-refractivity contribution in [3.63, 3.8) is 0 Å². The second-order valence-electron chi connectivity index (χ2n) is 4.38. The van der Waals surface area contributed by atoms with Gasteiger partial charge in [-0.05, 0) is 30.9 Å². The first kappa shape index (κ1) is 12.8. The molecular formula is C13H16F2O. The summed E-state index contributed by atoms with van der Waals surface area (Å²) in [6.07, 6.45) is 0.261. The molecule has 1 aromatic carbocycles. The average molecular weight is 226 g/mol. The van der Waals surface area contributed by atoms with Gasteiger partial charge in [0.2, 0.25) is 0 Å². The van der Waals surface area contributed by atoms with Gasteiger partial charge in [-0.2, -0.15) is 0 Å². The van der Waals surface area contributed by atoms with E-state index in [4.69, 9.17) is 0 Å². The molecule has 0 N–H and O–H groups in total. The number of rotatable bonds is 4. The summed E-state index contributed by atoms with van der Waals surface area (Å²) in [5, 5.41) is 0. The predicted molar refractivity (Wildman–Crippen MR) is 59.1 cm³/mol. The van der Waals surface area contributed by atoms with Crippen molar-refractivity contribution >= 4 is 5.78 Å². The molecule has 1 atom stereocenters. The predicted octanol–water partition coefficient (Wildman–Crippen LogP) is 3.37. The standard InChI is InChI=1S/C13H16F2O/c1-8(2)11(9(3)16)7-10-5-4-6-12(14)13(10)15/h4-6,8,11H,7H2,1-3H3. The van der Waals surface area contributed by atoms with Gasteiger partial charge in [0.15, 0.2) is 11.6 Å². The van der Waals surface area contributed by atoms with Crippen molar-refractivity contribution in [1.29, 1.82) is 0 Å². The number of hydrogen-bond donors (Lipinski definition) is 0. The van der Waals surface area contributed by atoms with E-state index in [-0.39, 0.29) is 29.6 Å². The third-order valence-electron chi connectivity index (χ3n) is 2.80. The maximum absolute atomic E-state index is 13.4. The molecule has 1 unspecified atom stereocenters. The zero-order valence-corrected chi connectivity index (χ0v) is 9.76. The summed E-state index contributed by atoms with van der Waals surface area (Å²) in [4.78, 5) is 11.4. The van der Waals surface area contributed by atoms with E-state index in [1.807, 2.05) is 13.8 Å². The Labute approximate surface area is 94.5 Å². The molecule has 0 heterocycles. The van der Waals surface area contributed by atoms with Gasteiger partial charge in [0, 0.05) is 5.92 Å². The number of carbonyl (C=O) groups is 1. The normalized spacial score (nSPS) is 12.9. The van der Waals surface area contributed by atoms with Gasteiger partial charge >= 0.3 is 0 Å². The van der Waals surface area contributed by atoms with Crippen LogP contribution in [0, 0.1) is 23.5 Å². The van der Waals surface area contributed by atoms with Crippen LogP contribution >= 0.6 is 0 Å². The van der Waals surface area contributed by atoms with Gasteiger partial charge < -0.3 is 0 Å². The zero-order valence-electron chi connectivity index (χ0n) is 9.76. The first-order chi connectivity index (χ1) is 7.43. The monoisotopic (exact) mass is 226 g/mol. The number of benzene rings is 1. The topological polar surface area (TPSA) is 17.1 Å². The number of Topliss-reactive ketones (excluding diaryl/α,β-unsaturated/α-hetero) is 1. The maximum Gasteiger partial charge on any atom is 0.162 e. The Kier molecular flexibility index (Phi) is 4.16. The molecule has 0 aliphatic rings. The summed E-state index contributed by atoms with van der Waals surface area (Å²) in [6.45, 7) is 5.30. The Morgan fingerprint density at radius 3 is 2.44 bits per heavy atom. The Morgan fingerprint density at radius 1 is 1.31 bits per heavy atom. The van der Waals surface area contributed by atoms with Crippen LogP contribution in [0.4, 0.5) is 8.78 Å². The lowest BCUT2D eigenvalue weighted by molar-refractivity contribution is -0.121. The fourth-order valence-electron chi connectivity index (χ4n) is 1.79. The third kappa shape index (κ3) is 2.87. The molecule has 16 heavy (non-hydrogen) atoms. The molecule has 88 valence electrons. The van der Waals surface area contributed by atoms with Crippen molar-refractivity contribution in [2.45, 2.75) is 27.2 Å². The minimum atomic E-state index is -0.858. The Bertz CT molecular complexity index is 386. The zero-order chi connectivity index (χ0) is 12.3. The molecule has 0 fully saturated rings. The van der Waals surface area contributed by atoms with Crippen LogP contribution in [-0.4, -0.2) is 5.78 Å². The van der Waals surface area contributed by atoms with Crippen LogP contribution in [0.5, 0.6) is 0 Å². The van der Waals surface area contributed by atoms with E-state index in [1.165, 1.54) is 19.1 Å². The molecule has 0 aromatic heterocycles. The molecule has 0 saturated carbocycles. The highest BCUT2D eigenvalue weighted by atomic mass is 19.2. The van der Waals surface area contributed by atoms with E-state index in [1.54, 1.807) is 0 Å². The van der Waals surface area contributed by atoms with Gasteiger partial charge in [-0.3, -0.25) is 4.79 Å². The van der Waals surface area contributed by atoms with Crippen molar-refractivity contribution in [3.05, 3.63) is 35.4 Å². The SMILES string of the molecule is CC(=O)C(Cc1cccc(F)c1F)C(C)C. The van der Waals surface area contributed by atoms with Crippen LogP contribution < -0.4 is 0 Å². The molecule has 0 radical (unpaired) electrons. The second-order valence-corrected chi connectivity index (χ2v) is 4.38. The minimum Gasteiger partial charge on any atom is -0.300 e. The number of hydrogen-bond acceptors (Lipinski definition) is 1. The molecule has 1 rings (SSSR count). The van der Waals surface area contributed by atoms with E-state index in [2.05, 4.69) is 0 Å². The summed E-state index contributed by atoms with van der Waals surface area (Å²) in [6, 6.07) is 4.07. The highest BCUT2D eigenvalue weighted by molar-refractivity contribution is 5.78. The highest BCUT2D eigenvalue weighted by Crippen LogP contribution is 2.21. The van der Waals surface area contributed by atoms with Crippen LogP contribution in [0.2, 0.25) is 0 Å². The lowest BCUT2D eigenvalue weighted by atomic mass is 9.86. The molecule has 3 heteroatoms. The van der Waals surface area contributed by atoms with E-state index in [9.17, 15) is 13.6 Å².